The molecule has 1 aliphatic rings. The van der Waals surface area contributed by atoms with Crippen LogP contribution in [0.1, 0.15) is 64.9 Å². The summed E-state index contributed by atoms with van der Waals surface area (Å²) >= 11 is 0. The maximum absolute atomic E-state index is 13.7. The molecule has 3 atom stereocenters. The summed E-state index contributed by atoms with van der Waals surface area (Å²) in [5.41, 5.74) is 9.46. The van der Waals surface area contributed by atoms with Crippen LogP contribution < -0.4 is 11.1 Å². The molecule has 0 unspecified atom stereocenters. The van der Waals surface area contributed by atoms with E-state index in [1.807, 2.05) is 68.1 Å². The highest BCUT2D eigenvalue weighted by Crippen LogP contribution is 2.28. The molecule has 0 spiro atoms. The van der Waals surface area contributed by atoms with Gasteiger partial charge in [0, 0.05) is 30.5 Å². The Morgan fingerprint density at radius 1 is 1.10 bits per heavy atom. The molecule has 0 bridgehead atoms. The number of amides is 3. The number of nitrogens with two attached hydrogens (primary N) is 1. The molecular weight excluding hydrogens is 518 g/mol. The molecule has 218 valence electrons. The molecule has 10 nitrogen and oxygen atoms in total. The van der Waals surface area contributed by atoms with E-state index in [4.69, 9.17) is 5.73 Å². The molecule has 3 N–H and O–H groups in total. The van der Waals surface area contributed by atoms with Crippen molar-refractivity contribution in [3.05, 3.63) is 60.4 Å². The number of carbonyl (C=O) groups is 3. The third-order valence-electron chi connectivity index (χ3n) is 7.69. The van der Waals surface area contributed by atoms with Crippen LogP contribution in [0.2, 0.25) is 0 Å². The predicted octanol–water partition coefficient (Wildman–Crippen LogP) is 3.89. The molecule has 41 heavy (non-hydrogen) atoms. The van der Waals surface area contributed by atoms with E-state index in [0.29, 0.717) is 32.4 Å². The number of likely N-dealkylation sites (tertiary alicyclic amines) is 1. The van der Waals surface area contributed by atoms with Gasteiger partial charge >= 0.3 is 0 Å². The minimum absolute atomic E-state index is 0.0943. The van der Waals surface area contributed by atoms with Gasteiger partial charge in [-0.2, -0.15) is 0 Å². The highest BCUT2D eigenvalue weighted by molar-refractivity contribution is 5.91. The fraction of sp³-hybridized carbons (Fsp3) is 0.484. The quantitative estimate of drug-likeness (QED) is 0.346. The fourth-order valence-electron chi connectivity index (χ4n) is 5.71. The van der Waals surface area contributed by atoms with Gasteiger partial charge in [0.2, 0.25) is 17.7 Å². The number of carbonyl (C=O) groups excluding carboxylic acids is 3. The van der Waals surface area contributed by atoms with Gasteiger partial charge in [-0.15, -0.1) is 15.0 Å². The van der Waals surface area contributed by atoms with Crippen LogP contribution in [-0.2, 0) is 20.9 Å². The number of aromatic nitrogens is 4. The van der Waals surface area contributed by atoms with Gasteiger partial charge in [0.1, 0.15) is 6.04 Å². The van der Waals surface area contributed by atoms with Crippen LogP contribution >= 0.6 is 0 Å². The molecule has 10 heteroatoms. The van der Waals surface area contributed by atoms with Gasteiger partial charge < -0.3 is 16.0 Å². The lowest BCUT2D eigenvalue weighted by atomic mass is 9.81. The van der Waals surface area contributed by atoms with Crippen molar-refractivity contribution in [1.29, 1.82) is 0 Å². The first-order chi connectivity index (χ1) is 19.8. The van der Waals surface area contributed by atoms with Crippen molar-refractivity contribution in [2.45, 2.75) is 71.9 Å². The second-order valence-electron chi connectivity index (χ2n) is 11.3. The molecule has 3 aromatic rings. The van der Waals surface area contributed by atoms with Crippen molar-refractivity contribution in [2.75, 3.05) is 6.54 Å². The van der Waals surface area contributed by atoms with E-state index in [1.165, 1.54) is 11.1 Å². The first-order valence-electron chi connectivity index (χ1n) is 14.6. The van der Waals surface area contributed by atoms with E-state index in [1.54, 1.807) is 0 Å². The Kier molecular flexibility index (Phi) is 10.2. The zero-order valence-electron chi connectivity index (χ0n) is 24.2. The van der Waals surface area contributed by atoms with Crippen molar-refractivity contribution in [2.24, 2.45) is 23.5 Å². The van der Waals surface area contributed by atoms with E-state index in [2.05, 4.69) is 26.8 Å². The Labute approximate surface area is 241 Å². The second kappa shape index (κ2) is 14.0. The Hall–Kier alpha value is -4.08. The van der Waals surface area contributed by atoms with Gasteiger partial charge in [-0.05, 0) is 66.5 Å². The first-order valence-corrected chi connectivity index (χ1v) is 14.6. The Bertz CT molecular complexity index is 1320. The third kappa shape index (κ3) is 7.56. The third-order valence-corrected chi connectivity index (χ3v) is 7.69. The van der Waals surface area contributed by atoms with E-state index < -0.39 is 23.8 Å². The Balaban J connectivity index is 1.51. The van der Waals surface area contributed by atoms with Crippen LogP contribution in [-0.4, -0.2) is 55.4 Å². The molecule has 0 saturated carbocycles. The van der Waals surface area contributed by atoms with Crippen molar-refractivity contribution in [1.82, 2.24) is 30.4 Å². The molecular formula is C31H41N7O3. The van der Waals surface area contributed by atoms with Crippen LogP contribution in [0.5, 0.6) is 0 Å². The van der Waals surface area contributed by atoms with Gasteiger partial charge in [0.05, 0.1) is 5.69 Å². The number of nitrogens with zero attached hydrogens (tertiary/aromatic N) is 5. The van der Waals surface area contributed by atoms with Crippen molar-refractivity contribution >= 4 is 17.7 Å². The van der Waals surface area contributed by atoms with Gasteiger partial charge in [-0.3, -0.25) is 14.4 Å². The lowest BCUT2D eigenvalue weighted by Crippen LogP contribution is -2.50. The van der Waals surface area contributed by atoms with Gasteiger partial charge in [-0.1, -0.05) is 63.6 Å². The Morgan fingerprint density at radius 2 is 1.90 bits per heavy atom. The van der Waals surface area contributed by atoms with Crippen LogP contribution in [0.15, 0.2) is 54.9 Å². The second-order valence-corrected chi connectivity index (χ2v) is 11.3. The summed E-state index contributed by atoms with van der Waals surface area (Å²) in [4.78, 5) is 42.8. The monoisotopic (exact) mass is 559 g/mol. The highest BCUT2D eigenvalue weighted by Gasteiger charge is 2.35. The SMILES string of the molecule is CCC[C@@H](C(=O)N[C@H]1CCCCN(Cc2cccc(-c3ccccc3-n3ncnn3)c2)C1=O)[C@H](CC(C)C)C(N)=O. The maximum Gasteiger partial charge on any atom is 0.245 e. The molecule has 0 radical (unpaired) electrons. The minimum atomic E-state index is -0.626. The van der Waals surface area contributed by atoms with Crippen LogP contribution in [0.25, 0.3) is 16.8 Å². The summed E-state index contributed by atoms with van der Waals surface area (Å²) in [5, 5.41) is 15.1. The normalized spacial score (nSPS) is 17.2. The summed E-state index contributed by atoms with van der Waals surface area (Å²) in [6.07, 6.45) is 5.50. The molecule has 1 aliphatic heterocycles. The standard InChI is InChI=1S/C31H41N7O3/c1-4-10-25(26(29(32)39)17-21(2)3)30(40)35-27-14-7-8-16-37(31(27)41)19-22-11-9-12-23(18-22)24-13-5-6-15-28(24)38-34-20-33-36-38/h5-6,9,11-13,15,18,20-21,25-27H,4,7-8,10,14,16-17,19H2,1-3H3,(H2,32,39)(H,35,40)/t25-,26+,27+/m1/s1. The number of para-hydroxylation sites is 1. The highest BCUT2D eigenvalue weighted by atomic mass is 16.2. The summed E-state index contributed by atoms with van der Waals surface area (Å²) in [6.45, 7) is 7.06. The largest absolute Gasteiger partial charge is 0.369 e. The van der Waals surface area contributed by atoms with Crippen LogP contribution in [0.4, 0.5) is 0 Å². The van der Waals surface area contributed by atoms with Crippen molar-refractivity contribution < 1.29 is 14.4 Å². The van der Waals surface area contributed by atoms with Crippen molar-refractivity contribution in [3.63, 3.8) is 0 Å². The number of rotatable bonds is 12. The summed E-state index contributed by atoms with van der Waals surface area (Å²) in [7, 11) is 0. The number of benzene rings is 2. The topological polar surface area (TPSA) is 136 Å². The smallest absolute Gasteiger partial charge is 0.245 e. The Morgan fingerprint density at radius 3 is 2.61 bits per heavy atom. The summed E-state index contributed by atoms with van der Waals surface area (Å²) < 4.78 is 0. The minimum Gasteiger partial charge on any atom is -0.369 e. The predicted molar refractivity (Wildman–Crippen MR) is 156 cm³/mol. The molecule has 1 aromatic heterocycles. The molecule has 3 amide bonds. The average molecular weight is 560 g/mol. The molecule has 2 aromatic carbocycles. The van der Waals surface area contributed by atoms with Crippen LogP contribution in [0, 0.1) is 17.8 Å². The average Bonchev–Trinajstić information content (AvgIpc) is 3.45. The maximum atomic E-state index is 13.7. The van der Waals surface area contributed by atoms with E-state index in [0.717, 1.165) is 41.6 Å². The van der Waals surface area contributed by atoms with Crippen LogP contribution in [0.3, 0.4) is 0 Å². The van der Waals surface area contributed by atoms with E-state index >= 15 is 0 Å². The number of primary amides is 1. The van der Waals surface area contributed by atoms with Gasteiger partial charge in [-0.25, -0.2) is 0 Å². The number of hydrogen-bond acceptors (Lipinski definition) is 6. The zero-order chi connectivity index (χ0) is 29.4. The summed E-state index contributed by atoms with van der Waals surface area (Å²) in [5.74, 6) is -1.67. The number of hydrogen-bond donors (Lipinski definition) is 2. The van der Waals surface area contributed by atoms with Gasteiger partial charge in [0.15, 0.2) is 6.33 Å². The van der Waals surface area contributed by atoms with Crippen molar-refractivity contribution in [3.8, 4) is 16.8 Å². The fourth-order valence-corrected chi connectivity index (χ4v) is 5.71. The molecule has 1 saturated heterocycles. The van der Waals surface area contributed by atoms with Gasteiger partial charge in [0.25, 0.3) is 0 Å². The molecule has 0 aliphatic carbocycles. The first kappa shape index (κ1) is 29.9. The number of tetrazole rings is 1. The van der Waals surface area contributed by atoms with E-state index in [9.17, 15) is 14.4 Å². The number of nitrogens with one attached hydrogen (secondary N) is 1. The van der Waals surface area contributed by atoms with E-state index in [-0.39, 0.29) is 17.7 Å². The molecule has 1 fully saturated rings. The zero-order valence-corrected chi connectivity index (χ0v) is 24.2. The molecule has 2 heterocycles. The lowest BCUT2D eigenvalue weighted by Gasteiger charge is -2.29. The molecule has 4 rings (SSSR count). The lowest BCUT2D eigenvalue weighted by molar-refractivity contribution is -0.139. The summed E-state index contributed by atoms with van der Waals surface area (Å²) in [6, 6.07) is 15.3.